The molecule has 4 nitrogen and oxygen atoms in total. The van der Waals surface area contributed by atoms with Crippen LogP contribution in [0.4, 0.5) is 0 Å². The molecule has 1 fully saturated rings. The van der Waals surface area contributed by atoms with Gasteiger partial charge in [0.15, 0.2) is 0 Å². The minimum atomic E-state index is -0.492. The lowest BCUT2D eigenvalue weighted by Crippen LogP contribution is -2.50. The van der Waals surface area contributed by atoms with E-state index in [1.165, 1.54) is 0 Å². The number of amides is 1. The molecule has 1 unspecified atom stereocenters. The van der Waals surface area contributed by atoms with Gasteiger partial charge in [0.25, 0.3) is 5.91 Å². The summed E-state index contributed by atoms with van der Waals surface area (Å²) in [5, 5.41) is 9.48. The Hall–Kier alpha value is -1.39. The van der Waals surface area contributed by atoms with Crippen LogP contribution in [0.2, 0.25) is 0 Å². The highest BCUT2D eigenvalue weighted by Gasteiger charge is 2.23. The minimum Gasteiger partial charge on any atom is -0.389 e. The molecule has 1 N–H and O–H groups in total. The molecule has 1 heterocycles. The van der Waals surface area contributed by atoms with Gasteiger partial charge in [-0.1, -0.05) is 12.1 Å². The van der Waals surface area contributed by atoms with Crippen LogP contribution in [0.1, 0.15) is 42.8 Å². The molecule has 0 radical (unpaired) electrons. The van der Waals surface area contributed by atoms with Crippen molar-refractivity contribution in [3.8, 4) is 0 Å². The van der Waals surface area contributed by atoms with Crippen molar-refractivity contribution in [2.24, 2.45) is 0 Å². The second-order valence-electron chi connectivity index (χ2n) is 5.72. The first-order chi connectivity index (χ1) is 9.49. The third-order valence-corrected chi connectivity index (χ3v) is 3.97. The maximum atomic E-state index is 12.4. The summed E-state index contributed by atoms with van der Waals surface area (Å²) < 4.78 is 0. The molecule has 1 amide bonds. The van der Waals surface area contributed by atoms with Crippen molar-refractivity contribution >= 4 is 5.91 Å². The van der Waals surface area contributed by atoms with Crippen molar-refractivity contribution in [2.75, 3.05) is 26.2 Å². The number of benzene rings is 1. The van der Waals surface area contributed by atoms with E-state index < -0.39 is 6.10 Å². The zero-order valence-corrected chi connectivity index (χ0v) is 12.5. The number of aliphatic hydroxyl groups excluding tert-OH is 1. The number of nitrogens with zero attached hydrogens (tertiary/aromatic N) is 2. The van der Waals surface area contributed by atoms with Gasteiger partial charge >= 0.3 is 0 Å². The van der Waals surface area contributed by atoms with E-state index in [0.29, 0.717) is 11.6 Å². The Morgan fingerprint density at radius 3 is 2.05 bits per heavy atom. The van der Waals surface area contributed by atoms with Crippen LogP contribution in [-0.2, 0) is 0 Å². The number of rotatable bonds is 3. The van der Waals surface area contributed by atoms with Crippen molar-refractivity contribution in [3.05, 3.63) is 35.4 Å². The topological polar surface area (TPSA) is 43.8 Å². The van der Waals surface area contributed by atoms with Gasteiger partial charge in [0.1, 0.15) is 0 Å². The number of aliphatic hydroxyl groups is 1. The van der Waals surface area contributed by atoms with Crippen LogP contribution < -0.4 is 0 Å². The van der Waals surface area contributed by atoms with Crippen LogP contribution in [-0.4, -0.2) is 53.0 Å². The van der Waals surface area contributed by atoms with Gasteiger partial charge < -0.3 is 10.0 Å². The standard InChI is InChI=1S/C16H24N2O2/c1-12(2)17-8-10-18(11-9-17)16(20)15-6-4-14(5-7-15)13(3)19/h4-7,12-13,19H,8-11H2,1-3H3. The first-order valence-corrected chi connectivity index (χ1v) is 7.30. The van der Waals surface area contributed by atoms with Gasteiger partial charge in [0.2, 0.25) is 0 Å². The molecule has 1 aliphatic rings. The van der Waals surface area contributed by atoms with E-state index in [-0.39, 0.29) is 5.91 Å². The van der Waals surface area contributed by atoms with E-state index >= 15 is 0 Å². The second kappa shape index (κ2) is 6.37. The van der Waals surface area contributed by atoms with Crippen molar-refractivity contribution in [1.29, 1.82) is 0 Å². The fraction of sp³-hybridized carbons (Fsp3) is 0.562. The van der Waals surface area contributed by atoms with Gasteiger partial charge in [0, 0.05) is 37.8 Å². The van der Waals surface area contributed by atoms with Gasteiger partial charge in [-0.3, -0.25) is 9.69 Å². The average Bonchev–Trinajstić information content (AvgIpc) is 2.46. The molecular formula is C16H24N2O2. The molecule has 1 atom stereocenters. The highest BCUT2D eigenvalue weighted by Crippen LogP contribution is 2.15. The van der Waals surface area contributed by atoms with Crippen LogP contribution >= 0.6 is 0 Å². The first-order valence-electron chi connectivity index (χ1n) is 7.30. The molecule has 2 rings (SSSR count). The van der Waals surface area contributed by atoms with E-state index in [9.17, 15) is 9.90 Å². The molecule has 1 aromatic carbocycles. The number of carbonyl (C=O) groups is 1. The zero-order chi connectivity index (χ0) is 14.7. The Bertz CT molecular complexity index is 446. The molecule has 110 valence electrons. The summed E-state index contributed by atoms with van der Waals surface area (Å²) in [4.78, 5) is 16.7. The molecule has 0 aromatic heterocycles. The molecule has 0 saturated carbocycles. The summed E-state index contributed by atoms with van der Waals surface area (Å²) in [6.45, 7) is 9.55. The van der Waals surface area contributed by atoms with Gasteiger partial charge in [-0.25, -0.2) is 0 Å². The van der Waals surface area contributed by atoms with E-state index in [1.807, 2.05) is 17.0 Å². The fourth-order valence-electron chi connectivity index (χ4n) is 2.53. The largest absolute Gasteiger partial charge is 0.389 e. The Balaban J connectivity index is 1.98. The molecule has 1 aromatic rings. The van der Waals surface area contributed by atoms with Crippen LogP contribution in [0.3, 0.4) is 0 Å². The summed E-state index contributed by atoms with van der Waals surface area (Å²) in [6.07, 6.45) is -0.492. The van der Waals surface area contributed by atoms with Crippen molar-refractivity contribution in [3.63, 3.8) is 0 Å². The van der Waals surface area contributed by atoms with Gasteiger partial charge in [-0.2, -0.15) is 0 Å². The van der Waals surface area contributed by atoms with E-state index in [4.69, 9.17) is 0 Å². The van der Waals surface area contributed by atoms with Crippen LogP contribution in [0.15, 0.2) is 24.3 Å². The second-order valence-corrected chi connectivity index (χ2v) is 5.72. The third kappa shape index (κ3) is 3.38. The maximum absolute atomic E-state index is 12.4. The maximum Gasteiger partial charge on any atom is 0.253 e. The number of piperazine rings is 1. The van der Waals surface area contributed by atoms with E-state index in [1.54, 1.807) is 19.1 Å². The number of hydrogen-bond donors (Lipinski definition) is 1. The van der Waals surface area contributed by atoms with Crippen LogP contribution in [0, 0.1) is 0 Å². The SMILES string of the molecule is CC(O)c1ccc(C(=O)N2CCN(C(C)C)CC2)cc1. The predicted octanol–water partition coefficient (Wildman–Crippen LogP) is 1.91. The lowest BCUT2D eigenvalue weighted by atomic mass is 10.1. The smallest absolute Gasteiger partial charge is 0.253 e. The monoisotopic (exact) mass is 276 g/mol. The molecular weight excluding hydrogens is 252 g/mol. The minimum absolute atomic E-state index is 0.0885. The van der Waals surface area contributed by atoms with Gasteiger partial charge in [-0.15, -0.1) is 0 Å². The van der Waals surface area contributed by atoms with Crippen molar-refractivity contribution in [2.45, 2.75) is 32.9 Å². The fourth-order valence-corrected chi connectivity index (χ4v) is 2.53. The molecule has 4 heteroatoms. The van der Waals surface area contributed by atoms with E-state index in [2.05, 4.69) is 18.7 Å². The highest BCUT2D eigenvalue weighted by molar-refractivity contribution is 5.94. The van der Waals surface area contributed by atoms with Gasteiger partial charge in [-0.05, 0) is 38.5 Å². The lowest BCUT2D eigenvalue weighted by Gasteiger charge is -2.37. The third-order valence-electron chi connectivity index (χ3n) is 3.97. The lowest BCUT2D eigenvalue weighted by molar-refractivity contribution is 0.0595. The highest BCUT2D eigenvalue weighted by atomic mass is 16.3. The number of carbonyl (C=O) groups excluding carboxylic acids is 1. The number of hydrogen-bond acceptors (Lipinski definition) is 3. The summed E-state index contributed by atoms with van der Waals surface area (Å²) in [5.41, 5.74) is 1.54. The molecule has 1 saturated heterocycles. The van der Waals surface area contributed by atoms with E-state index in [0.717, 1.165) is 31.7 Å². The Kier molecular flexibility index (Phi) is 4.78. The normalized spacial score (nSPS) is 18.4. The summed E-state index contributed by atoms with van der Waals surface area (Å²) in [6, 6.07) is 7.79. The average molecular weight is 276 g/mol. The molecule has 1 aliphatic heterocycles. The summed E-state index contributed by atoms with van der Waals surface area (Å²) in [5.74, 6) is 0.0885. The van der Waals surface area contributed by atoms with Crippen LogP contribution in [0.25, 0.3) is 0 Å². The van der Waals surface area contributed by atoms with Crippen LogP contribution in [0.5, 0.6) is 0 Å². The van der Waals surface area contributed by atoms with Crippen molar-refractivity contribution in [1.82, 2.24) is 9.80 Å². The Morgan fingerprint density at radius 1 is 1.05 bits per heavy atom. The quantitative estimate of drug-likeness (QED) is 0.917. The first kappa shape index (κ1) is 15.0. The Labute approximate surface area is 121 Å². The Morgan fingerprint density at radius 2 is 1.60 bits per heavy atom. The summed E-state index contributed by atoms with van der Waals surface area (Å²) in [7, 11) is 0. The molecule has 0 spiro atoms. The predicted molar refractivity (Wildman–Crippen MR) is 79.7 cm³/mol. The zero-order valence-electron chi connectivity index (χ0n) is 12.5. The van der Waals surface area contributed by atoms with Crippen molar-refractivity contribution < 1.29 is 9.90 Å². The molecule has 20 heavy (non-hydrogen) atoms. The molecule has 0 aliphatic carbocycles. The molecule has 0 bridgehead atoms. The van der Waals surface area contributed by atoms with Gasteiger partial charge in [0.05, 0.1) is 6.10 Å². The summed E-state index contributed by atoms with van der Waals surface area (Å²) >= 11 is 0.